The molecule has 1 amide bonds. The van der Waals surface area contributed by atoms with Crippen molar-refractivity contribution in [2.24, 2.45) is 5.92 Å². The molecule has 0 saturated heterocycles. The fourth-order valence-corrected chi connectivity index (χ4v) is 2.89. The van der Waals surface area contributed by atoms with Gasteiger partial charge in [0.25, 0.3) is 5.91 Å². The van der Waals surface area contributed by atoms with Gasteiger partial charge >= 0.3 is 5.97 Å². The lowest BCUT2D eigenvalue weighted by Crippen LogP contribution is -2.35. The average molecular weight is 419 g/mol. The third-order valence-corrected chi connectivity index (χ3v) is 4.41. The Morgan fingerprint density at radius 3 is 2.73 bits per heavy atom. The normalized spacial score (nSPS) is 13.8. The Labute approximate surface area is 143 Å². The Kier molecular flexibility index (Phi) is 6.16. The van der Waals surface area contributed by atoms with E-state index in [1.54, 1.807) is 11.8 Å². The fraction of sp³-hybridized carbons (Fsp3) is 0.500. The highest BCUT2D eigenvalue weighted by molar-refractivity contribution is 14.1. The van der Waals surface area contributed by atoms with Gasteiger partial charge in [0.15, 0.2) is 0 Å². The first-order chi connectivity index (χ1) is 10.5. The smallest absolute Gasteiger partial charge is 0.307 e. The summed E-state index contributed by atoms with van der Waals surface area (Å²) < 4.78 is 18.7. The quantitative estimate of drug-likeness (QED) is 0.504. The maximum Gasteiger partial charge on any atom is 0.307 e. The summed E-state index contributed by atoms with van der Waals surface area (Å²) in [4.78, 5) is 25.9. The number of benzene rings is 1. The average Bonchev–Trinajstić information content (AvgIpc) is 3.27. The van der Waals surface area contributed by atoms with Gasteiger partial charge < -0.3 is 9.64 Å². The van der Waals surface area contributed by atoms with Crippen molar-refractivity contribution in [3.8, 4) is 0 Å². The number of carbonyl (C=O) groups excluding carboxylic acids is 2. The Balaban J connectivity index is 2.06. The van der Waals surface area contributed by atoms with Crippen molar-refractivity contribution in [1.29, 1.82) is 0 Å². The summed E-state index contributed by atoms with van der Waals surface area (Å²) in [7, 11) is 0. The summed E-state index contributed by atoms with van der Waals surface area (Å²) >= 11 is 1.96. The lowest BCUT2D eigenvalue weighted by molar-refractivity contribution is -0.143. The minimum absolute atomic E-state index is 0.152. The Morgan fingerprint density at radius 2 is 2.14 bits per heavy atom. The van der Waals surface area contributed by atoms with Gasteiger partial charge in [-0.1, -0.05) is 0 Å². The standard InChI is InChI=1S/C16H19FINO3/c1-2-22-15(20)7-8-19(10-11-3-4-11)16(21)13-6-5-12(17)9-14(13)18/h5-6,9,11H,2-4,7-8,10H2,1H3. The number of ether oxygens (including phenoxy) is 1. The predicted octanol–water partition coefficient (Wildman–Crippen LogP) is 3.24. The molecule has 22 heavy (non-hydrogen) atoms. The van der Waals surface area contributed by atoms with Crippen LogP contribution in [0.1, 0.15) is 36.5 Å². The van der Waals surface area contributed by atoms with Crippen LogP contribution in [0.15, 0.2) is 18.2 Å². The Hall–Kier alpha value is -1.18. The molecule has 0 unspecified atom stereocenters. The zero-order valence-electron chi connectivity index (χ0n) is 12.5. The van der Waals surface area contributed by atoms with Gasteiger partial charge in [-0.3, -0.25) is 9.59 Å². The summed E-state index contributed by atoms with van der Waals surface area (Å²) in [5, 5.41) is 0. The largest absolute Gasteiger partial charge is 0.466 e. The molecule has 0 spiro atoms. The van der Waals surface area contributed by atoms with Crippen LogP contribution in [-0.4, -0.2) is 36.5 Å². The predicted molar refractivity (Wildman–Crippen MR) is 89.0 cm³/mol. The van der Waals surface area contributed by atoms with Crippen LogP contribution in [0.4, 0.5) is 4.39 Å². The summed E-state index contributed by atoms with van der Waals surface area (Å²) in [6, 6.07) is 4.13. The van der Waals surface area contributed by atoms with E-state index in [0.29, 0.717) is 34.7 Å². The number of carbonyl (C=O) groups is 2. The van der Waals surface area contributed by atoms with E-state index in [9.17, 15) is 14.0 Å². The van der Waals surface area contributed by atoms with Crippen molar-refractivity contribution in [2.75, 3.05) is 19.7 Å². The van der Waals surface area contributed by atoms with E-state index in [1.807, 2.05) is 22.6 Å². The number of esters is 1. The van der Waals surface area contributed by atoms with Gasteiger partial charge in [0.1, 0.15) is 5.82 Å². The van der Waals surface area contributed by atoms with E-state index in [4.69, 9.17) is 4.74 Å². The van der Waals surface area contributed by atoms with Gasteiger partial charge in [0, 0.05) is 16.7 Å². The Bertz CT molecular complexity index is 560. The molecule has 6 heteroatoms. The SMILES string of the molecule is CCOC(=O)CCN(CC1CC1)C(=O)c1ccc(F)cc1I. The van der Waals surface area contributed by atoms with Crippen LogP contribution < -0.4 is 0 Å². The highest BCUT2D eigenvalue weighted by Gasteiger charge is 2.28. The van der Waals surface area contributed by atoms with E-state index in [0.717, 1.165) is 12.8 Å². The molecule has 120 valence electrons. The van der Waals surface area contributed by atoms with Gasteiger partial charge in [0.2, 0.25) is 0 Å². The van der Waals surface area contributed by atoms with Crippen LogP contribution in [0.2, 0.25) is 0 Å². The monoisotopic (exact) mass is 419 g/mol. The highest BCUT2D eigenvalue weighted by Crippen LogP contribution is 2.30. The van der Waals surface area contributed by atoms with E-state index in [1.165, 1.54) is 18.2 Å². The van der Waals surface area contributed by atoms with Crippen LogP contribution in [0.25, 0.3) is 0 Å². The number of hydrogen-bond donors (Lipinski definition) is 0. The van der Waals surface area contributed by atoms with Crippen LogP contribution in [0.3, 0.4) is 0 Å². The van der Waals surface area contributed by atoms with Crippen molar-refractivity contribution in [2.45, 2.75) is 26.2 Å². The van der Waals surface area contributed by atoms with E-state index >= 15 is 0 Å². The molecule has 4 nitrogen and oxygen atoms in total. The van der Waals surface area contributed by atoms with Crippen molar-refractivity contribution in [1.82, 2.24) is 4.90 Å². The number of rotatable bonds is 7. The van der Waals surface area contributed by atoms with E-state index in [-0.39, 0.29) is 24.1 Å². The van der Waals surface area contributed by atoms with Gasteiger partial charge in [-0.15, -0.1) is 0 Å². The minimum Gasteiger partial charge on any atom is -0.466 e. The van der Waals surface area contributed by atoms with Crippen molar-refractivity contribution in [3.05, 3.63) is 33.1 Å². The van der Waals surface area contributed by atoms with Gasteiger partial charge in [-0.05, 0) is 66.5 Å². The van der Waals surface area contributed by atoms with E-state index < -0.39 is 0 Å². The second-order valence-corrected chi connectivity index (χ2v) is 6.54. The molecule has 0 radical (unpaired) electrons. The summed E-state index contributed by atoms with van der Waals surface area (Å²) in [6.07, 6.45) is 2.41. The van der Waals surface area contributed by atoms with Crippen LogP contribution in [0, 0.1) is 15.3 Å². The Morgan fingerprint density at radius 1 is 1.41 bits per heavy atom. The van der Waals surface area contributed by atoms with Gasteiger partial charge in [0.05, 0.1) is 18.6 Å². The lowest BCUT2D eigenvalue weighted by atomic mass is 10.1. The third kappa shape index (κ3) is 4.93. The topological polar surface area (TPSA) is 46.6 Å². The van der Waals surface area contributed by atoms with Crippen LogP contribution in [-0.2, 0) is 9.53 Å². The molecule has 0 heterocycles. The van der Waals surface area contributed by atoms with Crippen molar-refractivity contribution < 1.29 is 18.7 Å². The molecule has 1 fully saturated rings. The van der Waals surface area contributed by atoms with Crippen LogP contribution >= 0.6 is 22.6 Å². The second kappa shape index (κ2) is 7.89. The van der Waals surface area contributed by atoms with Crippen molar-refractivity contribution in [3.63, 3.8) is 0 Å². The van der Waals surface area contributed by atoms with Crippen LogP contribution in [0.5, 0.6) is 0 Å². The molecular formula is C16H19FINO3. The van der Waals surface area contributed by atoms with Gasteiger partial charge in [-0.2, -0.15) is 0 Å². The molecule has 1 aromatic carbocycles. The molecule has 2 rings (SSSR count). The molecule has 1 aliphatic carbocycles. The van der Waals surface area contributed by atoms with Crippen molar-refractivity contribution >= 4 is 34.5 Å². The summed E-state index contributed by atoms with van der Waals surface area (Å²) in [6.45, 7) is 3.07. The molecule has 1 aromatic rings. The molecule has 1 aliphatic rings. The zero-order valence-corrected chi connectivity index (χ0v) is 14.6. The summed E-state index contributed by atoms with van der Waals surface area (Å²) in [5.74, 6) is -0.295. The molecular weight excluding hydrogens is 400 g/mol. The first-order valence-electron chi connectivity index (χ1n) is 7.41. The maximum absolute atomic E-state index is 13.2. The second-order valence-electron chi connectivity index (χ2n) is 5.37. The summed E-state index contributed by atoms with van der Waals surface area (Å²) in [5.41, 5.74) is 0.478. The number of amides is 1. The van der Waals surface area contributed by atoms with E-state index in [2.05, 4.69) is 0 Å². The molecule has 0 atom stereocenters. The fourth-order valence-electron chi connectivity index (χ4n) is 2.18. The number of nitrogens with zero attached hydrogens (tertiary/aromatic N) is 1. The molecule has 1 saturated carbocycles. The zero-order chi connectivity index (χ0) is 16.1. The first-order valence-corrected chi connectivity index (χ1v) is 8.49. The number of hydrogen-bond acceptors (Lipinski definition) is 3. The maximum atomic E-state index is 13.2. The lowest BCUT2D eigenvalue weighted by Gasteiger charge is -2.23. The molecule has 0 aromatic heterocycles. The molecule has 0 aliphatic heterocycles. The molecule has 0 N–H and O–H groups in total. The minimum atomic E-state index is -0.360. The molecule has 0 bridgehead atoms. The first kappa shape index (κ1) is 17.2. The highest BCUT2D eigenvalue weighted by atomic mass is 127. The number of halogens is 2. The third-order valence-electron chi connectivity index (χ3n) is 3.52. The van der Waals surface area contributed by atoms with Gasteiger partial charge in [-0.25, -0.2) is 4.39 Å².